The first-order valence-corrected chi connectivity index (χ1v) is 11.2. The van der Waals surface area contributed by atoms with Gasteiger partial charge in [0.2, 0.25) is 0 Å². The molecule has 3 aromatic rings. The van der Waals surface area contributed by atoms with E-state index in [-0.39, 0.29) is 6.03 Å². The van der Waals surface area contributed by atoms with Crippen molar-refractivity contribution in [3.63, 3.8) is 0 Å². The zero-order chi connectivity index (χ0) is 20.9. The van der Waals surface area contributed by atoms with Crippen LogP contribution in [-0.2, 0) is 6.54 Å². The van der Waals surface area contributed by atoms with Crippen molar-refractivity contribution in [3.8, 4) is 10.6 Å². The van der Waals surface area contributed by atoms with Gasteiger partial charge < -0.3 is 16.0 Å². The van der Waals surface area contributed by atoms with Crippen molar-refractivity contribution in [1.82, 2.24) is 15.2 Å². The lowest BCUT2D eigenvalue weighted by Crippen LogP contribution is -2.42. The molecule has 2 aromatic carbocycles. The number of carbonyl (C=O) groups excluding carboxylic acids is 1. The molecule has 0 saturated carbocycles. The molecule has 2 amide bonds. The number of piperazine rings is 1. The Balaban J connectivity index is 1.35. The lowest BCUT2D eigenvalue weighted by molar-refractivity contribution is 0.231. The Kier molecular flexibility index (Phi) is 6.86. The van der Waals surface area contributed by atoms with E-state index in [9.17, 15) is 4.79 Å². The molecule has 0 unspecified atom stereocenters. The normalized spacial score (nSPS) is 14.5. The fourth-order valence-electron chi connectivity index (χ4n) is 3.23. The van der Waals surface area contributed by atoms with E-state index in [0.29, 0.717) is 21.4 Å². The summed E-state index contributed by atoms with van der Waals surface area (Å²) in [6.45, 7) is 5.05. The van der Waals surface area contributed by atoms with Crippen LogP contribution in [0.15, 0.2) is 47.8 Å². The quantitative estimate of drug-likeness (QED) is 0.490. The maximum absolute atomic E-state index is 12.2. The molecule has 1 aromatic heterocycles. The number of nitrogens with one attached hydrogen (secondary N) is 3. The molecule has 3 N–H and O–H groups in total. The van der Waals surface area contributed by atoms with E-state index in [4.69, 9.17) is 28.2 Å². The average molecular weight is 462 g/mol. The van der Waals surface area contributed by atoms with Crippen molar-refractivity contribution in [2.45, 2.75) is 6.54 Å². The minimum Gasteiger partial charge on any atom is -0.314 e. The molecular formula is C21H21Cl2N5OS. The van der Waals surface area contributed by atoms with Crippen molar-refractivity contribution < 1.29 is 4.79 Å². The highest BCUT2D eigenvalue weighted by Gasteiger charge is 2.13. The van der Waals surface area contributed by atoms with Crippen molar-refractivity contribution in [1.29, 1.82) is 0 Å². The van der Waals surface area contributed by atoms with E-state index < -0.39 is 0 Å². The molecule has 0 atom stereocenters. The van der Waals surface area contributed by atoms with E-state index in [1.165, 1.54) is 0 Å². The Morgan fingerprint density at radius 3 is 2.40 bits per heavy atom. The minimum absolute atomic E-state index is 0.367. The van der Waals surface area contributed by atoms with Crippen LogP contribution in [0.25, 0.3) is 10.6 Å². The van der Waals surface area contributed by atoms with Crippen LogP contribution < -0.4 is 16.0 Å². The molecule has 156 valence electrons. The molecule has 0 radical (unpaired) electrons. The zero-order valence-corrected chi connectivity index (χ0v) is 18.4. The maximum atomic E-state index is 12.2. The lowest BCUT2D eigenvalue weighted by atomic mass is 10.2. The number of halogens is 2. The predicted molar refractivity (Wildman–Crippen MR) is 125 cm³/mol. The Labute approximate surface area is 189 Å². The van der Waals surface area contributed by atoms with Gasteiger partial charge in [-0.05, 0) is 42.5 Å². The standard InChI is InChI=1S/C21H21Cl2N5OS/c22-15-9-16(23)11-18(10-15)27-21(29)26-17-3-1-14(2-4-17)20-25-19(13-30-20)12-28-7-5-24-6-8-28/h1-4,9-11,13,24H,5-8,12H2,(H2,26,27,29). The third-order valence-electron chi connectivity index (χ3n) is 4.66. The Bertz CT molecular complexity index is 998. The molecule has 1 fully saturated rings. The molecule has 4 rings (SSSR count). The highest BCUT2D eigenvalue weighted by Crippen LogP contribution is 2.26. The van der Waals surface area contributed by atoms with Crippen LogP contribution in [0.2, 0.25) is 10.0 Å². The molecule has 1 aliphatic heterocycles. The molecule has 2 heterocycles. The fraction of sp³-hybridized carbons (Fsp3) is 0.238. The molecule has 1 saturated heterocycles. The van der Waals surface area contributed by atoms with Gasteiger partial charge in [-0.3, -0.25) is 4.90 Å². The number of rotatable bonds is 5. The van der Waals surface area contributed by atoms with Crippen molar-refractivity contribution in [3.05, 3.63) is 63.6 Å². The first-order chi connectivity index (χ1) is 14.5. The lowest BCUT2D eigenvalue weighted by Gasteiger charge is -2.26. The third-order valence-corrected chi connectivity index (χ3v) is 6.03. The number of benzene rings is 2. The van der Waals surface area contributed by atoms with Crippen LogP contribution in [0.1, 0.15) is 5.69 Å². The zero-order valence-electron chi connectivity index (χ0n) is 16.1. The van der Waals surface area contributed by atoms with Crippen LogP contribution in [0.3, 0.4) is 0 Å². The summed E-state index contributed by atoms with van der Waals surface area (Å²) in [5.74, 6) is 0. The van der Waals surface area contributed by atoms with Gasteiger partial charge in [-0.15, -0.1) is 11.3 Å². The highest BCUT2D eigenvalue weighted by molar-refractivity contribution is 7.13. The summed E-state index contributed by atoms with van der Waals surface area (Å²) in [6, 6.07) is 12.1. The SMILES string of the molecule is O=C(Nc1ccc(-c2nc(CN3CCNCC3)cs2)cc1)Nc1cc(Cl)cc(Cl)c1. The van der Waals surface area contributed by atoms with Gasteiger partial charge in [0.1, 0.15) is 5.01 Å². The second kappa shape index (κ2) is 9.76. The molecule has 30 heavy (non-hydrogen) atoms. The first kappa shape index (κ1) is 21.1. The van der Waals surface area contributed by atoms with E-state index >= 15 is 0 Å². The van der Waals surface area contributed by atoms with Crippen molar-refractivity contribution in [2.75, 3.05) is 36.8 Å². The minimum atomic E-state index is -0.367. The number of carbonyl (C=O) groups is 1. The summed E-state index contributed by atoms with van der Waals surface area (Å²) in [4.78, 5) is 19.4. The van der Waals surface area contributed by atoms with E-state index in [1.54, 1.807) is 29.5 Å². The van der Waals surface area contributed by atoms with Gasteiger partial charge in [0.15, 0.2) is 0 Å². The second-order valence-electron chi connectivity index (χ2n) is 6.98. The third kappa shape index (κ3) is 5.71. The first-order valence-electron chi connectivity index (χ1n) is 9.57. The molecule has 0 bridgehead atoms. The highest BCUT2D eigenvalue weighted by atomic mass is 35.5. The molecule has 6 nitrogen and oxygen atoms in total. The van der Waals surface area contributed by atoms with Gasteiger partial charge in [0, 0.05) is 65.1 Å². The monoisotopic (exact) mass is 461 g/mol. The van der Waals surface area contributed by atoms with Crippen LogP contribution in [-0.4, -0.2) is 42.1 Å². The van der Waals surface area contributed by atoms with Crippen LogP contribution >= 0.6 is 34.5 Å². The van der Waals surface area contributed by atoms with Gasteiger partial charge >= 0.3 is 6.03 Å². The maximum Gasteiger partial charge on any atom is 0.323 e. The number of urea groups is 1. The van der Waals surface area contributed by atoms with Gasteiger partial charge in [-0.25, -0.2) is 9.78 Å². The summed E-state index contributed by atoms with van der Waals surface area (Å²) < 4.78 is 0. The summed E-state index contributed by atoms with van der Waals surface area (Å²) in [5, 5.41) is 12.9. The van der Waals surface area contributed by atoms with Crippen LogP contribution in [0.4, 0.5) is 16.2 Å². The molecule has 0 spiro atoms. The summed E-state index contributed by atoms with van der Waals surface area (Å²) in [6.07, 6.45) is 0. The molecule has 1 aliphatic rings. The average Bonchev–Trinajstić information content (AvgIpc) is 3.17. The van der Waals surface area contributed by atoms with Gasteiger partial charge in [0.25, 0.3) is 0 Å². The molecule has 9 heteroatoms. The predicted octanol–water partition coefficient (Wildman–Crippen LogP) is 5.17. The van der Waals surface area contributed by atoms with Crippen molar-refractivity contribution >= 4 is 51.9 Å². The topological polar surface area (TPSA) is 69.3 Å². The Morgan fingerprint density at radius 2 is 1.70 bits per heavy atom. The second-order valence-corrected chi connectivity index (χ2v) is 8.72. The number of hydrogen-bond acceptors (Lipinski definition) is 5. The molecule has 0 aliphatic carbocycles. The van der Waals surface area contributed by atoms with Gasteiger partial charge in [0.05, 0.1) is 5.69 Å². The van der Waals surface area contributed by atoms with E-state index in [1.807, 2.05) is 24.3 Å². The van der Waals surface area contributed by atoms with E-state index in [2.05, 4.69) is 26.2 Å². The van der Waals surface area contributed by atoms with Gasteiger partial charge in [-0.1, -0.05) is 23.2 Å². The number of thiazole rings is 1. The number of nitrogens with zero attached hydrogens (tertiary/aromatic N) is 2. The summed E-state index contributed by atoms with van der Waals surface area (Å²) in [5.41, 5.74) is 3.33. The summed E-state index contributed by atoms with van der Waals surface area (Å²) in [7, 11) is 0. The number of aromatic nitrogens is 1. The Hall–Kier alpha value is -2.16. The van der Waals surface area contributed by atoms with Gasteiger partial charge in [-0.2, -0.15) is 0 Å². The van der Waals surface area contributed by atoms with Crippen LogP contribution in [0, 0.1) is 0 Å². The fourth-order valence-corrected chi connectivity index (χ4v) is 4.57. The number of hydrogen-bond donors (Lipinski definition) is 3. The Morgan fingerprint density at radius 1 is 1.03 bits per heavy atom. The number of anilines is 2. The summed E-state index contributed by atoms with van der Waals surface area (Å²) >= 11 is 13.6. The van der Waals surface area contributed by atoms with Crippen molar-refractivity contribution in [2.24, 2.45) is 0 Å². The largest absolute Gasteiger partial charge is 0.323 e. The molecular weight excluding hydrogens is 441 g/mol. The van der Waals surface area contributed by atoms with E-state index in [0.717, 1.165) is 49.0 Å². The number of amides is 2. The van der Waals surface area contributed by atoms with Crippen LogP contribution in [0.5, 0.6) is 0 Å². The smallest absolute Gasteiger partial charge is 0.314 e.